The summed E-state index contributed by atoms with van der Waals surface area (Å²) >= 11 is 6.20. The third-order valence-electron chi connectivity index (χ3n) is 8.36. The molecule has 0 spiro atoms. The fraction of sp³-hybridized carbons (Fsp3) is 0.417. The fourth-order valence-corrected chi connectivity index (χ4v) is 5.85. The number of nitrogens with one attached hydrogen (secondary N) is 1. The van der Waals surface area contributed by atoms with E-state index >= 15 is 0 Å². The summed E-state index contributed by atoms with van der Waals surface area (Å²) in [4.78, 5) is 44.1. The highest BCUT2D eigenvalue weighted by molar-refractivity contribution is 6.31. The maximum absolute atomic E-state index is 13.4. The van der Waals surface area contributed by atoms with Crippen LogP contribution in [-0.4, -0.2) is 96.8 Å². The van der Waals surface area contributed by atoms with Crippen molar-refractivity contribution in [2.45, 2.75) is 52.4 Å². The van der Waals surface area contributed by atoms with Crippen molar-refractivity contribution >= 4 is 40.8 Å². The fourth-order valence-electron chi connectivity index (χ4n) is 5.62. The molecule has 12 nitrogen and oxygen atoms in total. The van der Waals surface area contributed by atoms with Gasteiger partial charge in [0.25, 0.3) is 0 Å². The molecular formula is C36H48ClN7O5. The standard InChI is InChI=1S/C26H33ClN6O5.C7H9N.C3H6/c1-16-17(7-6-8-21(16)38-5)11-28-26(37)33-22-13-31(23(35)15-32(22)24(36)14-30(33)4)12-18-9-19(27)10-20(34)25(18)29(2)3;1-6-2-4-7(8)5-3-6;1-2-3-1/h6-10,22,34H,11-15H2,1-5H3,(H,28,37);2-5H,8H2,1H3;1-3H2. The number of nitrogen functional groups attached to an aromatic ring is 1. The van der Waals surface area contributed by atoms with Gasteiger partial charge in [0.1, 0.15) is 24.2 Å². The number of piperazine rings is 1. The molecule has 3 aromatic rings. The Bertz CT molecular complexity index is 1610. The van der Waals surface area contributed by atoms with Crippen LogP contribution in [-0.2, 0) is 22.7 Å². The van der Waals surface area contributed by atoms with E-state index in [0.717, 1.165) is 22.6 Å². The van der Waals surface area contributed by atoms with Crippen molar-refractivity contribution in [2.75, 3.05) is 58.5 Å². The van der Waals surface area contributed by atoms with Gasteiger partial charge >= 0.3 is 6.03 Å². The Morgan fingerprint density at radius 3 is 2.29 bits per heavy atom. The number of ether oxygens (including phenoxy) is 1. The van der Waals surface area contributed by atoms with Crippen LogP contribution >= 0.6 is 11.6 Å². The molecule has 2 heterocycles. The number of phenolic OH excluding ortho intramolecular Hbond substituents is 1. The summed E-state index contributed by atoms with van der Waals surface area (Å²) in [6.07, 6.45) is 3.81. The third kappa shape index (κ3) is 9.70. The molecule has 6 rings (SSSR count). The Morgan fingerprint density at radius 1 is 1.02 bits per heavy atom. The van der Waals surface area contributed by atoms with Crippen molar-refractivity contribution in [3.05, 3.63) is 81.9 Å². The summed E-state index contributed by atoms with van der Waals surface area (Å²) in [6.45, 7) is 4.31. The van der Waals surface area contributed by atoms with Crippen LogP contribution in [0.5, 0.6) is 11.5 Å². The minimum absolute atomic E-state index is 0.00463. The minimum atomic E-state index is -0.694. The van der Waals surface area contributed by atoms with Gasteiger partial charge in [0, 0.05) is 56.6 Å². The molecule has 2 saturated heterocycles. The number of halogens is 1. The molecular weight excluding hydrogens is 646 g/mol. The van der Waals surface area contributed by atoms with Gasteiger partial charge in [-0.15, -0.1) is 0 Å². The van der Waals surface area contributed by atoms with Crippen LogP contribution in [0.4, 0.5) is 16.2 Å². The van der Waals surface area contributed by atoms with E-state index in [0.29, 0.717) is 16.3 Å². The lowest BCUT2D eigenvalue weighted by Gasteiger charge is -2.51. The molecule has 4 N–H and O–H groups in total. The Balaban J connectivity index is 0.000000415. The van der Waals surface area contributed by atoms with Crippen LogP contribution in [0.3, 0.4) is 0 Å². The van der Waals surface area contributed by atoms with Gasteiger partial charge in [-0.1, -0.05) is 60.7 Å². The molecule has 264 valence electrons. The summed E-state index contributed by atoms with van der Waals surface area (Å²) < 4.78 is 5.38. The lowest BCUT2D eigenvalue weighted by molar-refractivity contribution is -0.178. The van der Waals surface area contributed by atoms with Gasteiger partial charge in [-0.2, -0.15) is 0 Å². The minimum Gasteiger partial charge on any atom is -0.506 e. The van der Waals surface area contributed by atoms with Crippen molar-refractivity contribution in [3.8, 4) is 11.5 Å². The number of methoxy groups -OCH3 is 1. The molecule has 13 heteroatoms. The average Bonchev–Trinajstić information content (AvgIpc) is 3.93. The second kappa shape index (κ2) is 16.6. The molecule has 0 radical (unpaired) electrons. The van der Waals surface area contributed by atoms with Gasteiger partial charge in [0.05, 0.1) is 25.9 Å². The molecule has 3 aromatic carbocycles. The Kier molecular flexibility index (Phi) is 12.6. The van der Waals surface area contributed by atoms with Gasteiger partial charge in [-0.25, -0.2) is 14.8 Å². The van der Waals surface area contributed by atoms with Crippen molar-refractivity contribution in [1.29, 1.82) is 0 Å². The molecule has 0 aromatic heterocycles. The molecule has 1 aliphatic carbocycles. The van der Waals surface area contributed by atoms with Crippen LogP contribution in [0, 0.1) is 13.8 Å². The van der Waals surface area contributed by atoms with E-state index in [2.05, 4.69) is 5.32 Å². The van der Waals surface area contributed by atoms with Gasteiger partial charge in [0.15, 0.2) is 0 Å². The summed E-state index contributed by atoms with van der Waals surface area (Å²) in [6, 6.07) is 16.2. The summed E-state index contributed by atoms with van der Waals surface area (Å²) in [5.74, 6) is 0.252. The summed E-state index contributed by atoms with van der Waals surface area (Å²) in [5, 5.41) is 16.8. The molecule has 2 aliphatic heterocycles. The zero-order valence-electron chi connectivity index (χ0n) is 29.2. The lowest BCUT2D eigenvalue weighted by atomic mass is 10.1. The van der Waals surface area contributed by atoms with E-state index in [-0.39, 0.29) is 56.3 Å². The summed E-state index contributed by atoms with van der Waals surface area (Å²) in [7, 11) is 6.85. The first-order valence-corrected chi connectivity index (χ1v) is 16.7. The molecule has 49 heavy (non-hydrogen) atoms. The van der Waals surface area contributed by atoms with Crippen molar-refractivity contribution in [3.63, 3.8) is 0 Å². The second-order valence-electron chi connectivity index (χ2n) is 12.6. The van der Waals surface area contributed by atoms with E-state index in [1.54, 1.807) is 49.1 Å². The molecule has 0 bridgehead atoms. The summed E-state index contributed by atoms with van der Waals surface area (Å²) in [5.41, 5.74) is 10.5. The number of hydrogen-bond donors (Lipinski definition) is 3. The van der Waals surface area contributed by atoms with Crippen molar-refractivity contribution in [2.24, 2.45) is 0 Å². The third-order valence-corrected chi connectivity index (χ3v) is 8.58. The van der Waals surface area contributed by atoms with Gasteiger partial charge in [-0.05, 0) is 49.2 Å². The number of fused-ring (bicyclic) bond motifs is 1. The number of nitrogens with zero attached hydrogens (tertiary/aromatic N) is 5. The normalized spacial score (nSPS) is 16.9. The zero-order chi connectivity index (χ0) is 35.8. The molecule has 1 unspecified atom stereocenters. The largest absolute Gasteiger partial charge is 0.506 e. The number of carbonyl (C=O) groups is 3. The number of likely N-dealkylation sites (N-methyl/N-ethyl adjacent to an activating group) is 1. The number of benzene rings is 3. The highest BCUT2D eigenvalue weighted by Crippen LogP contribution is 2.35. The number of amides is 4. The number of aryl methyl sites for hydroxylation is 1. The molecule has 3 aliphatic rings. The number of rotatable bonds is 6. The lowest BCUT2D eigenvalue weighted by Crippen LogP contribution is -2.73. The zero-order valence-corrected chi connectivity index (χ0v) is 30.0. The molecule has 1 atom stereocenters. The van der Waals surface area contributed by atoms with Crippen LogP contribution < -0.4 is 20.7 Å². The Hall–Kier alpha value is -4.68. The van der Waals surface area contributed by atoms with Crippen LogP contribution in [0.2, 0.25) is 5.02 Å². The van der Waals surface area contributed by atoms with E-state index in [1.807, 2.05) is 56.3 Å². The first-order chi connectivity index (χ1) is 23.3. The molecule has 1 saturated carbocycles. The van der Waals surface area contributed by atoms with Crippen molar-refractivity contribution < 1.29 is 24.2 Å². The van der Waals surface area contributed by atoms with Crippen molar-refractivity contribution in [1.82, 2.24) is 25.1 Å². The number of aromatic hydroxyl groups is 1. The number of urea groups is 1. The van der Waals surface area contributed by atoms with Gasteiger partial charge in [0.2, 0.25) is 11.8 Å². The first kappa shape index (κ1) is 37.1. The smallest absolute Gasteiger partial charge is 0.334 e. The predicted molar refractivity (Wildman–Crippen MR) is 192 cm³/mol. The number of hydrogen-bond acceptors (Lipinski definition) is 8. The molecule has 3 fully saturated rings. The van der Waals surface area contributed by atoms with E-state index < -0.39 is 6.17 Å². The second-order valence-corrected chi connectivity index (χ2v) is 13.1. The number of phenols is 1. The SMILES string of the molecule is C1CC1.COc1cccc(CNC(=O)N2C3CN(Cc4cc(Cl)cc(O)c4N(C)C)C(=O)CN3C(=O)CN2C)c1C.Cc1ccc(N)cc1. The number of nitrogens with two attached hydrogens (primary N) is 1. The maximum Gasteiger partial charge on any atom is 0.334 e. The Labute approximate surface area is 293 Å². The van der Waals surface area contributed by atoms with Crippen LogP contribution in [0.25, 0.3) is 0 Å². The number of anilines is 2. The van der Waals surface area contributed by atoms with Gasteiger partial charge in [-0.3, -0.25) is 9.59 Å². The topological polar surface area (TPSA) is 135 Å². The quantitative estimate of drug-likeness (QED) is 0.315. The predicted octanol–water partition coefficient (Wildman–Crippen LogP) is 4.75. The number of hydrazine groups is 1. The van der Waals surface area contributed by atoms with Crippen LogP contribution in [0.15, 0.2) is 54.6 Å². The van der Waals surface area contributed by atoms with Crippen LogP contribution in [0.1, 0.15) is 41.5 Å². The van der Waals surface area contributed by atoms with E-state index in [9.17, 15) is 19.5 Å². The van der Waals surface area contributed by atoms with E-state index in [1.165, 1.54) is 40.8 Å². The maximum atomic E-state index is 13.4. The monoisotopic (exact) mass is 693 g/mol. The number of carbonyl (C=O) groups excluding carboxylic acids is 3. The first-order valence-electron chi connectivity index (χ1n) is 16.3. The van der Waals surface area contributed by atoms with E-state index in [4.69, 9.17) is 22.1 Å². The Morgan fingerprint density at radius 2 is 1.69 bits per heavy atom. The molecule has 4 amide bonds. The van der Waals surface area contributed by atoms with Gasteiger partial charge < -0.3 is 35.6 Å². The highest BCUT2D eigenvalue weighted by atomic mass is 35.5. The average molecular weight is 694 g/mol. The highest BCUT2D eigenvalue weighted by Gasteiger charge is 2.45.